The lowest BCUT2D eigenvalue weighted by Crippen LogP contribution is -2.46. The number of hydrogen-bond donors (Lipinski definition) is 1. The highest BCUT2D eigenvalue weighted by atomic mass is 35.5. The van der Waals surface area contributed by atoms with Gasteiger partial charge < -0.3 is 0 Å². The smallest absolute Gasteiger partial charge is 0.271 e. The maximum Gasteiger partial charge on any atom is 0.271 e. The molecule has 1 aliphatic carbocycles. The minimum absolute atomic E-state index is 0.168. The lowest BCUT2D eigenvalue weighted by molar-refractivity contribution is -0.142. The van der Waals surface area contributed by atoms with E-state index in [2.05, 4.69) is 5.43 Å². The van der Waals surface area contributed by atoms with E-state index in [0.717, 1.165) is 17.9 Å². The monoisotopic (exact) mass is 340 g/mol. The highest BCUT2D eigenvalue weighted by molar-refractivity contribution is 6.36. The number of benzene rings is 1. The molecule has 2 fully saturated rings. The number of halogens is 2. The first-order valence-corrected chi connectivity index (χ1v) is 7.88. The molecule has 2 aliphatic rings. The zero-order valence-electron chi connectivity index (χ0n) is 11.6. The van der Waals surface area contributed by atoms with Gasteiger partial charge in [-0.3, -0.25) is 19.8 Å². The number of hydrogen-bond acceptors (Lipinski definition) is 3. The Bertz CT molecular complexity index is 638. The number of carbonyl (C=O) groups excluding carboxylic acids is 3. The van der Waals surface area contributed by atoms with Crippen LogP contribution in [-0.2, 0) is 9.59 Å². The molecule has 0 bridgehead atoms. The van der Waals surface area contributed by atoms with Gasteiger partial charge in [0.2, 0.25) is 0 Å². The second-order valence-corrected chi connectivity index (χ2v) is 6.42. The fraction of sp³-hybridized carbons (Fsp3) is 0.400. The second-order valence-electron chi connectivity index (χ2n) is 5.57. The van der Waals surface area contributed by atoms with E-state index in [1.165, 1.54) is 18.2 Å². The molecule has 1 heterocycles. The zero-order chi connectivity index (χ0) is 15.9. The van der Waals surface area contributed by atoms with E-state index in [1.54, 1.807) is 0 Å². The van der Waals surface area contributed by atoms with Gasteiger partial charge in [0.05, 0.1) is 22.4 Å². The number of imide groups is 1. The van der Waals surface area contributed by atoms with Crippen LogP contribution in [0.25, 0.3) is 0 Å². The Morgan fingerprint density at radius 2 is 1.68 bits per heavy atom. The third-order valence-corrected chi connectivity index (χ3v) is 4.78. The molecule has 1 saturated carbocycles. The van der Waals surface area contributed by atoms with Gasteiger partial charge in [0, 0.05) is 5.02 Å². The van der Waals surface area contributed by atoms with Crippen LogP contribution in [0.15, 0.2) is 18.2 Å². The number of fused-ring (bicyclic) bond motifs is 1. The normalized spacial score (nSPS) is 24.4. The van der Waals surface area contributed by atoms with Crippen molar-refractivity contribution in [2.45, 2.75) is 25.7 Å². The quantitative estimate of drug-likeness (QED) is 0.841. The first kappa shape index (κ1) is 15.3. The standard InChI is InChI=1S/C15H14Cl2N2O3/c16-8-5-6-11(12(17)7-8)13(20)18-19-14(21)9-3-1-2-4-10(9)15(19)22/h5-7,9-10H,1-4H2,(H,18,20)/t9-,10+. The summed E-state index contributed by atoms with van der Waals surface area (Å²) in [5, 5.41) is 1.43. The van der Waals surface area contributed by atoms with Gasteiger partial charge in [-0.1, -0.05) is 36.0 Å². The highest BCUT2D eigenvalue weighted by Crippen LogP contribution is 2.37. The van der Waals surface area contributed by atoms with Crippen molar-refractivity contribution < 1.29 is 14.4 Å². The molecule has 1 aliphatic heterocycles. The highest BCUT2D eigenvalue weighted by Gasteiger charge is 2.49. The molecule has 3 rings (SSSR count). The van der Waals surface area contributed by atoms with Crippen LogP contribution in [0.1, 0.15) is 36.0 Å². The van der Waals surface area contributed by atoms with E-state index in [9.17, 15) is 14.4 Å². The Kier molecular flexibility index (Phi) is 4.10. The predicted molar refractivity (Wildman–Crippen MR) is 81.2 cm³/mol. The molecular weight excluding hydrogens is 327 g/mol. The van der Waals surface area contributed by atoms with E-state index in [4.69, 9.17) is 23.2 Å². The Balaban J connectivity index is 1.79. The summed E-state index contributed by atoms with van der Waals surface area (Å²) in [5.74, 6) is -1.85. The van der Waals surface area contributed by atoms with Crippen molar-refractivity contribution in [2.75, 3.05) is 0 Å². The number of hydrazine groups is 1. The van der Waals surface area contributed by atoms with Gasteiger partial charge in [-0.25, -0.2) is 0 Å². The number of carbonyl (C=O) groups is 3. The average Bonchev–Trinajstić information content (AvgIpc) is 2.73. The maximum absolute atomic E-state index is 12.3. The van der Waals surface area contributed by atoms with Crippen LogP contribution < -0.4 is 5.43 Å². The largest absolute Gasteiger partial charge is 0.272 e. The fourth-order valence-electron chi connectivity index (χ4n) is 3.11. The minimum atomic E-state index is -0.595. The number of nitrogens with zero attached hydrogens (tertiary/aromatic N) is 1. The van der Waals surface area contributed by atoms with Gasteiger partial charge in [0.1, 0.15) is 0 Å². The zero-order valence-corrected chi connectivity index (χ0v) is 13.2. The molecule has 3 amide bonds. The molecule has 0 unspecified atom stereocenters. The third-order valence-electron chi connectivity index (χ3n) is 4.23. The van der Waals surface area contributed by atoms with E-state index in [-0.39, 0.29) is 34.2 Å². The van der Waals surface area contributed by atoms with E-state index < -0.39 is 5.91 Å². The van der Waals surface area contributed by atoms with E-state index in [0.29, 0.717) is 17.9 Å². The average molecular weight is 341 g/mol. The van der Waals surface area contributed by atoms with Gasteiger partial charge in [-0.05, 0) is 31.0 Å². The summed E-state index contributed by atoms with van der Waals surface area (Å²) < 4.78 is 0. The molecule has 1 aromatic carbocycles. The lowest BCUT2D eigenvalue weighted by Gasteiger charge is -2.19. The van der Waals surface area contributed by atoms with Crippen molar-refractivity contribution in [3.63, 3.8) is 0 Å². The van der Waals surface area contributed by atoms with Crippen molar-refractivity contribution in [1.29, 1.82) is 0 Å². The summed E-state index contributed by atoms with van der Waals surface area (Å²) in [7, 11) is 0. The molecule has 1 N–H and O–H groups in total. The molecule has 2 atom stereocenters. The van der Waals surface area contributed by atoms with E-state index in [1.807, 2.05) is 0 Å². The molecule has 0 spiro atoms. The van der Waals surface area contributed by atoms with Gasteiger partial charge in [-0.15, -0.1) is 0 Å². The first-order chi connectivity index (χ1) is 10.5. The topological polar surface area (TPSA) is 66.5 Å². The van der Waals surface area contributed by atoms with Crippen LogP contribution in [0, 0.1) is 11.8 Å². The van der Waals surface area contributed by atoms with Crippen molar-refractivity contribution in [1.82, 2.24) is 10.4 Å². The summed E-state index contributed by atoms with van der Waals surface area (Å²) in [6.07, 6.45) is 3.27. The predicted octanol–water partition coefficient (Wildman–Crippen LogP) is 2.81. The summed E-state index contributed by atoms with van der Waals surface area (Å²) in [6.45, 7) is 0. The minimum Gasteiger partial charge on any atom is -0.272 e. The number of nitrogens with one attached hydrogen (secondary N) is 1. The third kappa shape index (κ3) is 2.59. The molecular formula is C15H14Cl2N2O3. The molecule has 0 aromatic heterocycles. The van der Waals surface area contributed by atoms with E-state index >= 15 is 0 Å². The lowest BCUT2D eigenvalue weighted by atomic mass is 9.81. The van der Waals surface area contributed by atoms with Gasteiger partial charge in [0.25, 0.3) is 17.7 Å². The molecule has 1 saturated heterocycles. The Morgan fingerprint density at radius 1 is 1.09 bits per heavy atom. The van der Waals surface area contributed by atoms with Crippen LogP contribution >= 0.6 is 23.2 Å². The molecule has 1 aromatic rings. The molecule has 116 valence electrons. The summed E-state index contributed by atoms with van der Waals surface area (Å²) in [4.78, 5) is 36.8. The first-order valence-electron chi connectivity index (χ1n) is 7.13. The van der Waals surface area contributed by atoms with Crippen molar-refractivity contribution in [3.8, 4) is 0 Å². The van der Waals surface area contributed by atoms with Crippen LogP contribution in [0.5, 0.6) is 0 Å². The number of rotatable bonds is 2. The SMILES string of the molecule is O=C(NN1C(=O)[C@H]2CCCC[C@H]2C1=O)c1ccc(Cl)cc1Cl. The van der Waals surface area contributed by atoms with Gasteiger partial charge >= 0.3 is 0 Å². The van der Waals surface area contributed by atoms with Gasteiger partial charge in [0.15, 0.2) is 0 Å². The molecule has 5 nitrogen and oxygen atoms in total. The Morgan fingerprint density at radius 3 is 2.23 bits per heavy atom. The van der Waals surface area contributed by atoms with Gasteiger partial charge in [-0.2, -0.15) is 5.01 Å². The van der Waals surface area contributed by atoms with Crippen LogP contribution in [0.2, 0.25) is 10.0 Å². The number of amides is 3. The summed E-state index contributed by atoms with van der Waals surface area (Å²) in [5.41, 5.74) is 2.55. The fourth-order valence-corrected chi connectivity index (χ4v) is 3.60. The van der Waals surface area contributed by atoms with Crippen LogP contribution in [0.3, 0.4) is 0 Å². The Hall–Kier alpha value is -1.59. The van der Waals surface area contributed by atoms with Crippen molar-refractivity contribution in [2.24, 2.45) is 11.8 Å². The second kappa shape index (κ2) is 5.89. The molecule has 22 heavy (non-hydrogen) atoms. The van der Waals surface area contributed by atoms with Crippen LogP contribution in [0.4, 0.5) is 0 Å². The van der Waals surface area contributed by atoms with Crippen molar-refractivity contribution >= 4 is 40.9 Å². The maximum atomic E-state index is 12.3. The Labute approximate surface area is 137 Å². The molecule has 0 radical (unpaired) electrons. The summed E-state index contributed by atoms with van der Waals surface area (Å²) >= 11 is 11.8. The molecule has 7 heteroatoms. The summed E-state index contributed by atoms with van der Waals surface area (Å²) in [6, 6.07) is 4.42. The van der Waals surface area contributed by atoms with Crippen molar-refractivity contribution in [3.05, 3.63) is 33.8 Å². The van der Waals surface area contributed by atoms with Crippen LogP contribution in [-0.4, -0.2) is 22.7 Å².